The van der Waals surface area contributed by atoms with Gasteiger partial charge in [0, 0.05) is 11.6 Å². The number of aryl methyl sites for hydroxylation is 1. The van der Waals surface area contributed by atoms with Gasteiger partial charge in [-0.25, -0.2) is 4.79 Å². The lowest BCUT2D eigenvalue weighted by molar-refractivity contribution is 0.0691. The fraction of sp³-hybridized carbons (Fsp3) is 0.154. The van der Waals surface area contributed by atoms with Crippen LogP contribution in [0.1, 0.15) is 33.5 Å². The van der Waals surface area contributed by atoms with Crippen LogP contribution in [0.15, 0.2) is 34.9 Å². The molecule has 0 aliphatic heterocycles. The van der Waals surface area contributed by atoms with Gasteiger partial charge in [0.15, 0.2) is 5.78 Å². The molecule has 2 aromatic rings. The third kappa shape index (κ3) is 2.63. The van der Waals surface area contributed by atoms with E-state index in [1.807, 2.05) is 0 Å². The minimum absolute atomic E-state index is 0.0428. The number of hydrogen-bond donors (Lipinski definition) is 0. The Morgan fingerprint density at radius 1 is 1.22 bits per heavy atom. The Morgan fingerprint density at radius 2 is 1.89 bits per heavy atom. The van der Waals surface area contributed by atoms with Crippen LogP contribution >= 0.6 is 0 Å². The minimum atomic E-state index is -0.619. The summed E-state index contributed by atoms with van der Waals surface area (Å²) in [6.07, 6.45) is 0. The third-order valence-electron chi connectivity index (χ3n) is 2.30. The van der Waals surface area contributed by atoms with Crippen molar-refractivity contribution in [3.05, 3.63) is 47.3 Å². The van der Waals surface area contributed by atoms with Crippen LogP contribution in [0.4, 0.5) is 0 Å². The molecule has 5 nitrogen and oxygen atoms in total. The summed E-state index contributed by atoms with van der Waals surface area (Å²) in [4.78, 5) is 22.7. The van der Waals surface area contributed by atoms with Crippen LogP contribution in [0.25, 0.3) is 0 Å². The maximum Gasteiger partial charge on any atom is 0.382 e. The predicted octanol–water partition coefficient (Wildman–Crippen LogP) is 2.40. The monoisotopic (exact) mass is 245 g/mol. The lowest BCUT2D eigenvalue weighted by Crippen LogP contribution is -2.07. The maximum absolute atomic E-state index is 11.6. The molecule has 2 rings (SSSR count). The van der Waals surface area contributed by atoms with Gasteiger partial charge in [-0.1, -0.05) is 5.16 Å². The van der Waals surface area contributed by atoms with Gasteiger partial charge < -0.3 is 9.26 Å². The van der Waals surface area contributed by atoms with E-state index in [4.69, 9.17) is 9.26 Å². The molecule has 1 heterocycles. The van der Waals surface area contributed by atoms with E-state index in [-0.39, 0.29) is 11.5 Å². The Kier molecular flexibility index (Phi) is 3.23. The topological polar surface area (TPSA) is 69.4 Å². The molecule has 0 fully saturated rings. The standard InChI is InChI=1S/C13H11NO4/c1-8-7-12(18-14-8)13(16)17-11-5-3-10(4-6-11)9(2)15/h3-7H,1-2H3. The second-order valence-corrected chi connectivity index (χ2v) is 3.80. The fourth-order valence-corrected chi connectivity index (χ4v) is 1.37. The van der Waals surface area contributed by atoms with E-state index in [1.54, 1.807) is 31.2 Å². The summed E-state index contributed by atoms with van der Waals surface area (Å²) in [7, 11) is 0. The Balaban J connectivity index is 2.10. The molecule has 5 heteroatoms. The quantitative estimate of drug-likeness (QED) is 0.471. The Morgan fingerprint density at radius 3 is 2.39 bits per heavy atom. The number of carbonyl (C=O) groups is 2. The number of ketones is 1. The molecule has 0 N–H and O–H groups in total. The van der Waals surface area contributed by atoms with Crippen LogP contribution in [0.5, 0.6) is 5.75 Å². The molecule has 0 atom stereocenters. The molecule has 0 saturated carbocycles. The highest BCUT2D eigenvalue weighted by molar-refractivity contribution is 5.94. The van der Waals surface area contributed by atoms with Crippen LogP contribution < -0.4 is 4.74 Å². The number of Topliss-reactive ketones (excluding diaryl/α,β-unsaturated/α-hetero) is 1. The van der Waals surface area contributed by atoms with Gasteiger partial charge in [0.1, 0.15) is 5.75 Å². The van der Waals surface area contributed by atoms with E-state index >= 15 is 0 Å². The third-order valence-corrected chi connectivity index (χ3v) is 2.30. The van der Waals surface area contributed by atoms with Crippen LogP contribution in [0, 0.1) is 6.92 Å². The summed E-state index contributed by atoms with van der Waals surface area (Å²) in [6, 6.07) is 7.79. The first kappa shape index (κ1) is 12.0. The normalized spacial score (nSPS) is 10.1. The van der Waals surface area contributed by atoms with Crippen LogP contribution in [0.3, 0.4) is 0 Å². The van der Waals surface area contributed by atoms with Crippen molar-refractivity contribution in [2.24, 2.45) is 0 Å². The van der Waals surface area contributed by atoms with Crippen molar-refractivity contribution in [3.63, 3.8) is 0 Å². The lowest BCUT2D eigenvalue weighted by Gasteiger charge is -2.02. The minimum Gasteiger partial charge on any atom is -0.421 e. The fourth-order valence-electron chi connectivity index (χ4n) is 1.37. The molecule has 0 spiro atoms. The van der Waals surface area contributed by atoms with Crippen molar-refractivity contribution in [2.75, 3.05) is 0 Å². The average Bonchev–Trinajstić information content (AvgIpc) is 2.76. The molecule has 0 saturated heterocycles. The van der Waals surface area contributed by atoms with E-state index in [1.165, 1.54) is 13.0 Å². The lowest BCUT2D eigenvalue weighted by atomic mass is 10.1. The van der Waals surface area contributed by atoms with Crippen LogP contribution in [0.2, 0.25) is 0 Å². The molecule has 1 aromatic heterocycles. The second kappa shape index (κ2) is 4.83. The summed E-state index contributed by atoms with van der Waals surface area (Å²) < 4.78 is 9.85. The van der Waals surface area contributed by atoms with Gasteiger partial charge in [-0.2, -0.15) is 0 Å². The molecular formula is C13H11NO4. The van der Waals surface area contributed by atoms with Gasteiger partial charge in [0.05, 0.1) is 5.69 Å². The zero-order valence-electron chi connectivity index (χ0n) is 9.97. The molecule has 0 aliphatic rings. The van der Waals surface area contributed by atoms with Gasteiger partial charge in [-0.15, -0.1) is 0 Å². The molecule has 1 aromatic carbocycles. The first-order chi connectivity index (χ1) is 8.56. The van der Waals surface area contributed by atoms with E-state index in [0.29, 0.717) is 17.0 Å². The highest BCUT2D eigenvalue weighted by Gasteiger charge is 2.14. The predicted molar refractivity (Wildman–Crippen MR) is 62.6 cm³/mol. The van der Waals surface area contributed by atoms with E-state index in [2.05, 4.69) is 5.16 Å². The molecule has 0 aliphatic carbocycles. The van der Waals surface area contributed by atoms with Crippen molar-refractivity contribution >= 4 is 11.8 Å². The number of carbonyl (C=O) groups excluding carboxylic acids is 2. The van der Waals surface area contributed by atoms with Crippen molar-refractivity contribution in [2.45, 2.75) is 13.8 Å². The molecule has 0 unspecified atom stereocenters. The molecule has 0 bridgehead atoms. The summed E-state index contributed by atoms with van der Waals surface area (Å²) >= 11 is 0. The van der Waals surface area contributed by atoms with E-state index in [0.717, 1.165) is 0 Å². The smallest absolute Gasteiger partial charge is 0.382 e. The number of hydrogen-bond acceptors (Lipinski definition) is 5. The number of ether oxygens (including phenoxy) is 1. The largest absolute Gasteiger partial charge is 0.421 e. The second-order valence-electron chi connectivity index (χ2n) is 3.80. The van der Waals surface area contributed by atoms with Crippen molar-refractivity contribution < 1.29 is 18.8 Å². The van der Waals surface area contributed by atoms with Crippen molar-refractivity contribution in [1.82, 2.24) is 5.16 Å². The van der Waals surface area contributed by atoms with E-state index < -0.39 is 5.97 Å². The number of rotatable bonds is 3. The van der Waals surface area contributed by atoms with Crippen molar-refractivity contribution in [3.8, 4) is 5.75 Å². The van der Waals surface area contributed by atoms with Gasteiger partial charge in [0.2, 0.25) is 5.76 Å². The summed E-state index contributed by atoms with van der Waals surface area (Å²) in [6.45, 7) is 3.18. The van der Waals surface area contributed by atoms with Crippen molar-refractivity contribution in [1.29, 1.82) is 0 Å². The van der Waals surface area contributed by atoms with E-state index in [9.17, 15) is 9.59 Å². The van der Waals surface area contributed by atoms with Gasteiger partial charge in [-0.05, 0) is 38.1 Å². The highest BCUT2D eigenvalue weighted by atomic mass is 16.6. The molecule has 0 amide bonds. The number of benzene rings is 1. The zero-order valence-corrected chi connectivity index (χ0v) is 9.97. The summed E-state index contributed by atoms with van der Waals surface area (Å²) in [5, 5.41) is 3.60. The zero-order chi connectivity index (χ0) is 13.1. The number of esters is 1. The number of aromatic nitrogens is 1. The van der Waals surface area contributed by atoms with Crippen LogP contribution in [-0.4, -0.2) is 16.9 Å². The van der Waals surface area contributed by atoms with Gasteiger partial charge in [0.25, 0.3) is 0 Å². The maximum atomic E-state index is 11.6. The Labute approximate surface area is 103 Å². The molecule has 18 heavy (non-hydrogen) atoms. The van der Waals surface area contributed by atoms with Crippen LogP contribution in [-0.2, 0) is 0 Å². The molecule has 92 valence electrons. The summed E-state index contributed by atoms with van der Waals surface area (Å²) in [5.74, 6) is -0.271. The van der Waals surface area contributed by atoms with Gasteiger partial charge >= 0.3 is 5.97 Å². The number of nitrogens with zero attached hydrogens (tertiary/aromatic N) is 1. The first-order valence-electron chi connectivity index (χ1n) is 5.33. The Hall–Kier alpha value is -2.43. The molecular weight excluding hydrogens is 234 g/mol. The first-order valence-corrected chi connectivity index (χ1v) is 5.33. The Bertz CT molecular complexity index is 583. The SMILES string of the molecule is CC(=O)c1ccc(OC(=O)c2cc(C)no2)cc1. The average molecular weight is 245 g/mol. The molecule has 0 radical (unpaired) electrons. The summed E-state index contributed by atoms with van der Waals surface area (Å²) in [5.41, 5.74) is 1.17. The highest BCUT2D eigenvalue weighted by Crippen LogP contribution is 2.15. The van der Waals surface area contributed by atoms with Gasteiger partial charge in [-0.3, -0.25) is 4.79 Å².